The molecule has 2 heterocycles. The largest absolute Gasteiger partial charge is 0.354 e. The van der Waals surface area contributed by atoms with Crippen molar-refractivity contribution >= 4 is 15.8 Å². The van der Waals surface area contributed by atoms with Crippen LogP contribution in [0.25, 0.3) is 0 Å². The van der Waals surface area contributed by atoms with Gasteiger partial charge < -0.3 is 4.90 Å². The monoisotopic (exact) mass is 380 g/mol. The van der Waals surface area contributed by atoms with E-state index in [0.717, 1.165) is 38.6 Å². The van der Waals surface area contributed by atoms with E-state index < -0.39 is 10.0 Å². The Morgan fingerprint density at radius 3 is 2.35 bits per heavy atom. The Morgan fingerprint density at radius 2 is 1.73 bits per heavy atom. The second-order valence-electron chi connectivity index (χ2n) is 7.32. The van der Waals surface area contributed by atoms with Gasteiger partial charge in [0.15, 0.2) is 0 Å². The van der Waals surface area contributed by atoms with Crippen molar-refractivity contribution in [2.75, 3.05) is 25.9 Å². The van der Waals surface area contributed by atoms with Gasteiger partial charge >= 0.3 is 0 Å². The Hall–Kier alpha value is -1.40. The summed E-state index contributed by atoms with van der Waals surface area (Å²) in [5, 5.41) is 0. The fraction of sp³-hybridized carbons (Fsp3) is 0.650. The molecule has 0 saturated carbocycles. The molecule has 0 N–H and O–H groups in total. The van der Waals surface area contributed by atoms with Crippen LogP contribution in [0.15, 0.2) is 36.7 Å². The van der Waals surface area contributed by atoms with Gasteiger partial charge in [-0.25, -0.2) is 12.7 Å². The van der Waals surface area contributed by atoms with E-state index in [4.69, 9.17) is 0 Å². The molecule has 0 spiro atoms. The summed E-state index contributed by atoms with van der Waals surface area (Å²) in [5.74, 6) is 0.308. The topological polar surface area (TPSA) is 57.7 Å². The fourth-order valence-electron chi connectivity index (χ4n) is 3.73. The molecule has 6 heteroatoms. The molecule has 0 radical (unpaired) electrons. The second kappa shape index (κ2) is 10.1. The van der Waals surface area contributed by atoms with Crippen molar-refractivity contribution in [3.8, 4) is 0 Å². The van der Waals surface area contributed by atoms with Crippen LogP contribution in [-0.2, 0) is 14.8 Å². The highest BCUT2D eigenvalue weighted by atomic mass is 32.2. The minimum Gasteiger partial charge on any atom is -0.354 e. The average molecular weight is 381 g/mol. The summed E-state index contributed by atoms with van der Waals surface area (Å²) in [4.78, 5) is 14.8. The number of nitrogens with zero attached hydrogens (tertiary/aromatic N) is 2. The molecule has 1 unspecified atom stereocenters. The zero-order valence-corrected chi connectivity index (χ0v) is 16.8. The van der Waals surface area contributed by atoms with E-state index in [0.29, 0.717) is 19.5 Å². The number of carbonyl (C=O) groups is 1. The number of rotatable bonds is 10. The Labute approximate surface area is 158 Å². The van der Waals surface area contributed by atoms with Crippen molar-refractivity contribution in [3.63, 3.8) is 0 Å². The molecule has 0 aromatic carbocycles. The maximum absolute atomic E-state index is 12.7. The number of unbranched alkanes of at least 4 members (excludes halogenated alkanes) is 2. The molecule has 0 aliphatic carbocycles. The van der Waals surface area contributed by atoms with Crippen LogP contribution >= 0.6 is 0 Å². The minimum absolute atomic E-state index is 0.118. The lowest BCUT2D eigenvalue weighted by molar-refractivity contribution is -0.123. The third kappa shape index (κ3) is 6.40. The zero-order chi connectivity index (χ0) is 19.0. The van der Waals surface area contributed by atoms with Gasteiger partial charge in [0.25, 0.3) is 0 Å². The Kier molecular flexibility index (Phi) is 8.10. The first kappa shape index (κ1) is 20.9. The molecule has 2 rings (SSSR count). The van der Waals surface area contributed by atoms with Crippen LogP contribution in [0.5, 0.6) is 0 Å². The predicted molar refractivity (Wildman–Crippen MR) is 106 cm³/mol. The smallest absolute Gasteiger partial charge is 0.211 e. The summed E-state index contributed by atoms with van der Waals surface area (Å²) >= 11 is 0. The molecule has 26 heavy (non-hydrogen) atoms. The van der Waals surface area contributed by atoms with Gasteiger partial charge in [0.05, 0.1) is 6.26 Å². The molecular formula is C20H32N2O3S. The molecule has 2 aliphatic rings. The van der Waals surface area contributed by atoms with E-state index in [1.165, 1.54) is 10.6 Å². The number of hydrogen-bond acceptors (Lipinski definition) is 4. The third-order valence-corrected chi connectivity index (χ3v) is 6.41. The van der Waals surface area contributed by atoms with E-state index in [1.807, 2.05) is 24.3 Å². The first-order valence-electron chi connectivity index (χ1n) is 9.67. The maximum atomic E-state index is 12.7. The van der Waals surface area contributed by atoms with Crippen molar-refractivity contribution in [1.29, 1.82) is 0 Å². The van der Waals surface area contributed by atoms with Crippen molar-refractivity contribution < 1.29 is 13.2 Å². The highest BCUT2D eigenvalue weighted by Gasteiger charge is 2.39. The summed E-state index contributed by atoms with van der Waals surface area (Å²) in [7, 11) is -3.21. The van der Waals surface area contributed by atoms with Gasteiger partial charge in [-0.05, 0) is 37.3 Å². The molecule has 2 aliphatic heterocycles. The zero-order valence-electron chi connectivity index (χ0n) is 16.0. The third-order valence-electron chi connectivity index (χ3n) is 5.18. The number of hydrogen-bond donors (Lipinski definition) is 0. The van der Waals surface area contributed by atoms with Gasteiger partial charge in [-0.3, -0.25) is 4.79 Å². The summed E-state index contributed by atoms with van der Waals surface area (Å²) < 4.78 is 25.1. The molecule has 1 saturated heterocycles. The van der Waals surface area contributed by atoms with Crippen molar-refractivity contribution in [3.05, 3.63) is 36.7 Å². The van der Waals surface area contributed by atoms with Crippen LogP contribution in [0.2, 0.25) is 0 Å². The summed E-state index contributed by atoms with van der Waals surface area (Å²) in [6.07, 6.45) is 18.8. The van der Waals surface area contributed by atoms with E-state index in [9.17, 15) is 13.2 Å². The van der Waals surface area contributed by atoms with E-state index >= 15 is 0 Å². The molecule has 0 aromatic heterocycles. The molecule has 146 valence electrons. The lowest BCUT2D eigenvalue weighted by Crippen LogP contribution is -2.28. The Balaban J connectivity index is 1.73. The highest BCUT2D eigenvalue weighted by Crippen LogP contribution is 2.30. The van der Waals surface area contributed by atoms with Crippen molar-refractivity contribution in [2.24, 2.45) is 11.8 Å². The van der Waals surface area contributed by atoms with E-state index in [-0.39, 0.29) is 17.6 Å². The molecule has 5 nitrogen and oxygen atoms in total. The summed E-state index contributed by atoms with van der Waals surface area (Å²) in [6.45, 7) is 3.92. The minimum atomic E-state index is -3.21. The number of sulfonamides is 1. The van der Waals surface area contributed by atoms with Gasteiger partial charge in [0.2, 0.25) is 10.0 Å². The first-order chi connectivity index (χ1) is 12.4. The van der Waals surface area contributed by atoms with Crippen LogP contribution in [0.1, 0.15) is 45.4 Å². The number of carbonyl (C=O) groups excluding carboxylic acids is 1. The second-order valence-corrected chi connectivity index (χ2v) is 9.30. The van der Waals surface area contributed by atoms with E-state index in [1.54, 1.807) is 0 Å². The van der Waals surface area contributed by atoms with Crippen LogP contribution in [0, 0.1) is 11.8 Å². The van der Waals surface area contributed by atoms with Gasteiger partial charge in [0.1, 0.15) is 5.78 Å². The number of Topliss-reactive ketones (excluding diaryl/α,β-unsaturated/α-hetero) is 1. The van der Waals surface area contributed by atoms with Crippen molar-refractivity contribution in [2.45, 2.75) is 45.4 Å². The normalized spacial score (nSPS) is 23.5. The molecule has 1 fully saturated rings. The number of allylic oxidation sites excluding steroid dienone is 4. The van der Waals surface area contributed by atoms with Crippen molar-refractivity contribution in [1.82, 2.24) is 9.21 Å². The van der Waals surface area contributed by atoms with Gasteiger partial charge in [-0.15, -0.1) is 0 Å². The summed E-state index contributed by atoms with van der Waals surface area (Å²) in [6, 6.07) is 0. The van der Waals surface area contributed by atoms with Crippen LogP contribution in [0.4, 0.5) is 0 Å². The van der Waals surface area contributed by atoms with Gasteiger partial charge in [-0.2, -0.15) is 0 Å². The first-order valence-corrected chi connectivity index (χ1v) is 11.5. The molecule has 0 bridgehead atoms. The summed E-state index contributed by atoms with van der Waals surface area (Å²) in [5.41, 5.74) is 0. The average Bonchev–Trinajstić information content (AvgIpc) is 2.84. The van der Waals surface area contributed by atoms with E-state index in [2.05, 4.69) is 24.2 Å². The van der Waals surface area contributed by atoms with Gasteiger partial charge in [0, 0.05) is 44.4 Å². The quantitative estimate of drug-likeness (QED) is 0.546. The molecule has 0 aromatic rings. The molecule has 2 atom stereocenters. The SMILES string of the molecule is CCC[C@@H]1CN(S(C)(=O)=O)CC1C(=O)CCCCCN1C=CC=CC=C1. The standard InChI is InChI=1S/C20H32N2O3S/c1-3-11-18-16-22(26(2,24)25)17-19(18)20(23)12-7-6-10-15-21-13-8-4-5-9-14-21/h4-5,8-9,13-14,18-19H,3,6-7,10-12,15-17H2,1-2H3/t18-,19?/m1/s1. The predicted octanol–water partition coefficient (Wildman–Crippen LogP) is 3.32. The number of ketones is 1. The van der Waals surface area contributed by atoms with Crippen LogP contribution in [0.3, 0.4) is 0 Å². The Morgan fingerprint density at radius 1 is 1.04 bits per heavy atom. The molecule has 0 amide bonds. The molecular weight excluding hydrogens is 348 g/mol. The van der Waals surface area contributed by atoms with Crippen LogP contribution in [-0.4, -0.2) is 49.3 Å². The maximum Gasteiger partial charge on any atom is 0.211 e. The lowest BCUT2D eigenvalue weighted by atomic mass is 9.86. The highest BCUT2D eigenvalue weighted by molar-refractivity contribution is 7.88. The van der Waals surface area contributed by atoms with Crippen LogP contribution < -0.4 is 0 Å². The fourth-order valence-corrected chi connectivity index (χ4v) is 4.63. The Bertz CT molecular complexity index is 636. The lowest BCUT2D eigenvalue weighted by Gasteiger charge is -2.17. The van der Waals surface area contributed by atoms with Gasteiger partial charge in [-0.1, -0.05) is 31.9 Å².